The van der Waals surface area contributed by atoms with Crippen molar-refractivity contribution in [3.05, 3.63) is 18.7 Å². The first-order chi connectivity index (χ1) is 29.4. The van der Waals surface area contributed by atoms with E-state index in [4.69, 9.17) is 9.84 Å². The summed E-state index contributed by atoms with van der Waals surface area (Å²) in [6, 6.07) is 0. The van der Waals surface area contributed by atoms with Crippen LogP contribution in [0.3, 0.4) is 0 Å². The molecule has 9 rings (SSSR count). The Bertz CT molecular complexity index is 1670. The van der Waals surface area contributed by atoms with Crippen molar-refractivity contribution in [1.82, 2.24) is 9.97 Å². The van der Waals surface area contributed by atoms with Gasteiger partial charge in [-0.05, 0) is 196 Å². The number of aliphatic hydroxyl groups is 3. The topological polar surface area (TPSA) is 170 Å². The Balaban J connectivity index is 0.000000167. The minimum Gasteiger partial charge on any atom is -0.481 e. The maximum Gasteiger partial charge on any atom is 0.305 e. The number of aliphatic hydroxyl groups excluding tert-OH is 3. The molecule has 10 heteroatoms. The average Bonchev–Trinajstić information content (AvgIpc) is 4.01. The molecule has 8 aliphatic carbocycles. The van der Waals surface area contributed by atoms with Crippen molar-refractivity contribution in [3.8, 4) is 0 Å². The Morgan fingerprint density at radius 1 is 0.726 bits per heavy atom. The third-order valence-corrected chi connectivity index (χ3v) is 20.9. The van der Waals surface area contributed by atoms with E-state index in [1.807, 2.05) is 0 Å². The fourth-order valence-corrected chi connectivity index (χ4v) is 17.5. The Labute approximate surface area is 372 Å². The summed E-state index contributed by atoms with van der Waals surface area (Å²) in [4.78, 5) is 42.5. The Kier molecular flexibility index (Phi) is 14.5. The van der Waals surface area contributed by atoms with E-state index in [2.05, 4.69) is 51.5 Å². The zero-order chi connectivity index (χ0) is 44.8. The molecule has 1 aromatic rings. The molecule has 1 aromatic heterocycles. The number of methoxy groups -OCH3 is 1. The van der Waals surface area contributed by atoms with Gasteiger partial charge in [0.15, 0.2) is 0 Å². The van der Waals surface area contributed by atoms with E-state index in [1.165, 1.54) is 39.2 Å². The predicted octanol–water partition coefficient (Wildman–Crippen LogP) is 9.66. The average molecular weight is 865 g/mol. The number of hydrogen-bond donors (Lipinski definition) is 5. The van der Waals surface area contributed by atoms with E-state index in [0.29, 0.717) is 89.1 Å². The van der Waals surface area contributed by atoms with Crippen LogP contribution in [-0.2, 0) is 19.1 Å². The van der Waals surface area contributed by atoms with E-state index in [-0.39, 0.29) is 52.9 Å². The number of nitrogens with one attached hydrogen (secondary N) is 1. The molecule has 62 heavy (non-hydrogen) atoms. The lowest BCUT2D eigenvalue weighted by Gasteiger charge is -2.62. The summed E-state index contributed by atoms with van der Waals surface area (Å²) in [7, 11) is 1.48. The van der Waals surface area contributed by atoms with Crippen molar-refractivity contribution in [3.63, 3.8) is 0 Å². The molecule has 19 atom stereocenters. The third-order valence-electron chi connectivity index (χ3n) is 20.9. The van der Waals surface area contributed by atoms with Crippen LogP contribution < -0.4 is 0 Å². The lowest BCUT2D eigenvalue weighted by molar-refractivity contribution is -0.174. The lowest BCUT2D eigenvalue weighted by Crippen LogP contribution is -2.58. The highest BCUT2D eigenvalue weighted by Gasteiger charge is 2.64. The summed E-state index contributed by atoms with van der Waals surface area (Å²) < 4.78 is 4.86. The molecule has 1 heterocycles. The number of Topliss-reactive ketones (excluding diaryl/α,β-unsaturated/α-hetero) is 1. The number of fused-ring (bicyclic) bond motifs is 10. The normalized spacial score (nSPS) is 46.3. The summed E-state index contributed by atoms with van der Waals surface area (Å²) in [6.45, 7) is 14.3. The zero-order valence-electron chi connectivity index (χ0n) is 39.4. The van der Waals surface area contributed by atoms with Crippen molar-refractivity contribution >= 4 is 17.7 Å². The van der Waals surface area contributed by atoms with Crippen molar-refractivity contribution < 1.29 is 39.5 Å². The number of aromatic nitrogens is 2. The molecular weight excluding hydrogens is 781 g/mol. The molecule has 8 fully saturated rings. The van der Waals surface area contributed by atoms with Crippen molar-refractivity contribution in [2.24, 2.45) is 92.7 Å². The smallest absolute Gasteiger partial charge is 0.305 e. The van der Waals surface area contributed by atoms with E-state index in [1.54, 1.807) is 18.7 Å². The van der Waals surface area contributed by atoms with Crippen LogP contribution in [0.15, 0.2) is 18.7 Å². The van der Waals surface area contributed by atoms with Crippen molar-refractivity contribution in [2.45, 2.75) is 188 Å². The quantitative estimate of drug-likeness (QED) is 0.160. The second kappa shape index (κ2) is 18.9. The molecule has 0 spiro atoms. The number of carbonyl (C=O) groups excluding carboxylic acids is 2. The Morgan fingerprint density at radius 2 is 1.24 bits per heavy atom. The number of esters is 1. The fourth-order valence-electron chi connectivity index (χ4n) is 17.5. The van der Waals surface area contributed by atoms with Gasteiger partial charge in [0, 0.05) is 37.6 Å². The first-order valence-electron chi connectivity index (χ1n) is 25.2. The number of aromatic amines is 1. The van der Waals surface area contributed by atoms with Crippen LogP contribution in [0.5, 0.6) is 0 Å². The van der Waals surface area contributed by atoms with Gasteiger partial charge in [-0.3, -0.25) is 14.4 Å². The summed E-state index contributed by atoms with van der Waals surface area (Å²) >= 11 is 0. The zero-order valence-corrected chi connectivity index (χ0v) is 39.4. The predicted molar refractivity (Wildman–Crippen MR) is 239 cm³/mol. The number of rotatable bonds is 8. The number of nitrogens with zero attached hydrogens (tertiary/aromatic N) is 1. The molecule has 350 valence electrons. The second-order valence-electron chi connectivity index (χ2n) is 23.5. The number of ketones is 1. The number of ether oxygens (including phenoxy) is 1. The SMILES string of the molecule is COC(=O)CC[C@@H](C)[C@H]1CC[C@H]2[C@@H]3[C@@H](O)C[C@@H]4C[C@H](O)CC[C@]4(C)[C@H]3CC[C@]12C.C[C@H](CCC(=O)O)[C@H]1CC[C@H]2[C@@H]3C(=O)C[C@@H]4C[C@H](O)CC[C@]4(C)[C@H]3CC[C@]12C.c1c[nH]cn1. The van der Waals surface area contributed by atoms with Crippen LogP contribution in [0.2, 0.25) is 0 Å². The number of H-pyrrole nitrogens is 1. The highest BCUT2D eigenvalue weighted by molar-refractivity contribution is 5.83. The second-order valence-corrected chi connectivity index (χ2v) is 23.5. The highest BCUT2D eigenvalue weighted by atomic mass is 16.5. The molecule has 8 saturated carbocycles. The molecule has 0 bridgehead atoms. The van der Waals surface area contributed by atoms with Crippen LogP contribution in [0.25, 0.3) is 0 Å². The number of aliphatic carboxylic acids is 1. The molecule has 10 nitrogen and oxygen atoms in total. The fraction of sp³-hybridized carbons (Fsp3) is 0.885. The first kappa shape index (κ1) is 47.7. The lowest BCUT2D eigenvalue weighted by atomic mass is 9.43. The van der Waals surface area contributed by atoms with Gasteiger partial charge in [-0.2, -0.15) is 0 Å². The van der Waals surface area contributed by atoms with Gasteiger partial charge in [0.05, 0.1) is 31.7 Å². The Morgan fingerprint density at radius 3 is 1.81 bits per heavy atom. The van der Waals surface area contributed by atoms with E-state index in [9.17, 15) is 29.7 Å². The van der Waals surface area contributed by atoms with Gasteiger partial charge >= 0.3 is 11.9 Å². The van der Waals surface area contributed by atoms with E-state index >= 15 is 0 Å². The van der Waals surface area contributed by atoms with Gasteiger partial charge in [-0.25, -0.2) is 4.98 Å². The van der Waals surface area contributed by atoms with Crippen LogP contribution in [0, 0.1) is 92.7 Å². The van der Waals surface area contributed by atoms with Crippen LogP contribution >= 0.6 is 0 Å². The van der Waals surface area contributed by atoms with Crippen LogP contribution in [-0.4, -0.2) is 73.5 Å². The van der Waals surface area contributed by atoms with Crippen LogP contribution in [0.1, 0.15) is 170 Å². The maximum absolute atomic E-state index is 13.3. The molecule has 0 unspecified atom stereocenters. The molecular formula is C52H84N2O8. The van der Waals surface area contributed by atoms with Crippen molar-refractivity contribution in [1.29, 1.82) is 0 Å². The number of carboxylic acids is 1. The molecule has 5 N–H and O–H groups in total. The standard InChI is InChI=1S/C25H42O4.C24H38O4.C3H4N2/c1-15(5-8-22(28)29-4)18-6-7-19-23-20(10-12-25(18,19)3)24(2)11-9-17(26)13-16(24)14-21(23)27;1-14(4-7-21(27)28)17-5-6-18-22-19(9-11-24(17,18)3)23(2)10-8-16(25)12-15(23)13-20(22)26;1-2-5-3-4-1/h15-21,23,26-27H,5-14H2,1-4H3;14-19,22,25H,4-13H2,1-3H3,(H,27,28);1-3H,(H,4,5)/t15-,16+,17-,18-,19+,20+,21+,23+,24+,25-;14-,15+,16-,17-,18+,19+,22+,23+,24-;/m11./s1. The summed E-state index contributed by atoms with van der Waals surface area (Å²) in [5, 5.41) is 40.8. The minimum atomic E-state index is -0.698. The molecule has 0 amide bonds. The van der Waals surface area contributed by atoms with Gasteiger partial charge < -0.3 is 30.1 Å². The van der Waals surface area contributed by atoms with Gasteiger partial charge in [-0.1, -0.05) is 41.5 Å². The largest absolute Gasteiger partial charge is 0.481 e. The number of hydrogen-bond acceptors (Lipinski definition) is 8. The summed E-state index contributed by atoms with van der Waals surface area (Å²) in [5.74, 6) is 5.42. The van der Waals surface area contributed by atoms with Gasteiger partial charge in [-0.15, -0.1) is 0 Å². The molecule has 0 saturated heterocycles. The Hall–Kier alpha value is -2.30. The molecule has 0 aromatic carbocycles. The summed E-state index contributed by atoms with van der Waals surface area (Å²) in [6.07, 6.45) is 23.7. The van der Waals surface area contributed by atoms with E-state index in [0.717, 1.165) is 77.0 Å². The minimum absolute atomic E-state index is 0.0959. The monoisotopic (exact) mass is 865 g/mol. The third kappa shape index (κ3) is 8.86. The van der Waals surface area contributed by atoms with Crippen molar-refractivity contribution in [2.75, 3.05) is 7.11 Å². The molecule has 0 aliphatic heterocycles. The molecule has 0 radical (unpaired) electrons. The highest BCUT2D eigenvalue weighted by Crippen LogP contribution is 2.70. The first-order valence-corrected chi connectivity index (χ1v) is 25.2. The van der Waals surface area contributed by atoms with Gasteiger partial charge in [0.2, 0.25) is 0 Å². The molecule has 8 aliphatic rings. The van der Waals surface area contributed by atoms with Crippen LogP contribution in [0.4, 0.5) is 0 Å². The van der Waals surface area contributed by atoms with Gasteiger partial charge in [0.1, 0.15) is 5.78 Å². The number of imidazole rings is 1. The number of carbonyl (C=O) groups is 3. The van der Waals surface area contributed by atoms with Gasteiger partial charge in [0.25, 0.3) is 0 Å². The summed E-state index contributed by atoms with van der Waals surface area (Å²) in [5.41, 5.74) is 0.979. The number of carboxylic acid groups (broad SMARTS) is 1. The van der Waals surface area contributed by atoms with E-state index < -0.39 is 5.97 Å². The maximum atomic E-state index is 13.3.